The maximum Gasteiger partial charge on any atom is 0.474 e. The van der Waals surface area contributed by atoms with Crippen molar-refractivity contribution in [2.75, 3.05) is 19.8 Å². The highest BCUT2D eigenvalue weighted by Gasteiger charge is 2.31. The summed E-state index contributed by atoms with van der Waals surface area (Å²) < 4.78 is 32.8. The van der Waals surface area contributed by atoms with Gasteiger partial charge in [-0.25, -0.2) is 4.57 Å². The van der Waals surface area contributed by atoms with Crippen LogP contribution in [-0.4, -0.2) is 52.5 Å². The van der Waals surface area contributed by atoms with E-state index in [2.05, 4.69) is 30.9 Å². The summed E-state index contributed by atoms with van der Waals surface area (Å²) in [7, 11) is -4.25. The van der Waals surface area contributed by atoms with E-state index in [0.717, 1.165) is 33.4 Å². The fourth-order valence-corrected chi connectivity index (χ4v) is 12.6. The maximum absolute atomic E-state index is 14.7. The second-order valence-electron chi connectivity index (χ2n) is 26.2. The Labute approximate surface area is 550 Å². The first kappa shape index (κ1) is 68.7. The van der Waals surface area contributed by atoms with E-state index in [4.69, 9.17) is 48.4 Å². The van der Waals surface area contributed by atoms with Crippen LogP contribution in [0.4, 0.5) is 0 Å². The van der Waals surface area contributed by atoms with Gasteiger partial charge in [-0.3, -0.25) is 42.3 Å². The normalized spacial score (nSPS) is 12.2. The van der Waals surface area contributed by atoms with Crippen molar-refractivity contribution in [1.29, 1.82) is 0 Å². The summed E-state index contributed by atoms with van der Waals surface area (Å²) in [6.07, 6.45) is 2.26. The molecule has 3 aromatic heterocycles. The van der Waals surface area contributed by atoms with Crippen molar-refractivity contribution >= 4 is 93.1 Å². The molecule has 0 spiro atoms. The van der Waals surface area contributed by atoms with Crippen LogP contribution in [-0.2, 0) is 73.3 Å². The molecule has 9 aromatic rings. The van der Waals surface area contributed by atoms with Gasteiger partial charge in [0.25, 0.3) is 17.7 Å². The second kappa shape index (κ2) is 29.1. The molecule has 0 atom stereocenters. The van der Waals surface area contributed by atoms with Crippen LogP contribution in [0.2, 0.25) is 15.1 Å². The lowest BCUT2D eigenvalue weighted by Crippen LogP contribution is -2.33. The Bertz CT molecular complexity index is 4000. The molecule has 92 heavy (non-hydrogen) atoms. The average Bonchev–Trinajstić information content (AvgIpc) is 0.790. The summed E-state index contributed by atoms with van der Waals surface area (Å²) in [4.78, 5) is 94.6. The minimum atomic E-state index is -4.25. The van der Waals surface area contributed by atoms with Crippen LogP contribution in [0.1, 0.15) is 163 Å². The number of halogens is 3. The minimum absolute atomic E-state index is 0.0306. The van der Waals surface area contributed by atoms with Gasteiger partial charge < -0.3 is 30.9 Å². The molecule has 0 bridgehead atoms. The highest BCUT2D eigenvalue weighted by atomic mass is 35.5. The SMILES string of the molecule is CC(C)(C)c1[nH]c2ccc(CCCOP(=O)(OCCCc3ccc4[nH]c(C(C)(C)C)c(C(=O)NCc5ccc(Cl)cc5)c(=O)c4c3)OCCCc3ccc4[nH]c(C(C)(C)C)c(C(=O)NCc5ccc(Cl)cc5)c(=O)c4c3)cc2c(=O)c1C(=O)NCc1ccc(Cl)cc1. The third kappa shape index (κ3) is 17.1. The summed E-state index contributed by atoms with van der Waals surface area (Å²) in [5, 5.41) is 11.5. The van der Waals surface area contributed by atoms with Crippen molar-refractivity contribution in [3.05, 3.63) is 240 Å². The van der Waals surface area contributed by atoms with Crippen LogP contribution in [0.3, 0.4) is 0 Å². The van der Waals surface area contributed by atoms with Crippen LogP contribution in [0.15, 0.2) is 142 Å². The number of phosphoric acid groups is 1. The van der Waals surface area contributed by atoms with E-state index in [9.17, 15) is 33.3 Å². The molecule has 6 N–H and O–H groups in total. The monoisotopic (exact) mass is 1320 g/mol. The fraction of sp³-hybridized carbons (Fsp3) is 0.333. The Morgan fingerprint density at radius 3 is 0.870 bits per heavy atom. The number of H-pyrrole nitrogens is 3. The van der Waals surface area contributed by atoms with Crippen LogP contribution in [0, 0.1) is 0 Å². The number of hydrogen-bond donors (Lipinski definition) is 6. The van der Waals surface area contributed by atoms with Gasteiger partial charge in [0.2, 0.25) is 16.3 Å². The number of carbonyl (C=O) groups excluding carboxylic acids is 3. The predicted molar refractivity (Wildman–Crippen MR) is 368 cm³/mol. The number of hydrogen-bond acceptors (Lipinski definition) is 10. The largest absolute Gasteiger partial charge is 0.474 e. The van der Waals surface area contributed by atoms with Gasteiger partial charge >= 0.3 is 7.82 Å². The number of benzene rings is 6. The molecule has 3 heterocycles. The van der Waals surface area contributed by atoms with Crippen LogP contribution in [0.25, 0.3) is 32.7 Å². The Morgan fingerprint density at radius 1 is 0.391 bits per heavy atom. The molecule has 0 unspecified atom stereocenters. The van der Waals surface area contributed by atoms with Gasteiger partial charge in [-0.15, -0.1) is 0 Å². The van der Waals surface area contributed by atoms with Crippen LogP contribution >= 0.6 is 42.6 Å². The Kier molecular flexibility index (Phi) is 21.7. The number of phosphoric ester groups is 1. The van der Waals surface area contributed by atoms with Crippen molar-refractivity contribution in [1.82, 2.24) is 30.9 Å². The number of aromatic nitrogens is 3. The highest BCUT2D eigenvalue weighted by Crippen LogP contribution is 2.50. The zero-order valence-electron chi connectivity index (χ0n) is 53.3. The minimum Gasteiger partial charge on any atom is -0.357 e. The summed E-state index contributed by atoms with van der Waals surface area (Å²) in [5.41, 5.74) is 5.20. The van der Waals surface area contributed by atoms with E-state index in [0.29, 0.717) is 103 Å². The van der Waals surface area contributed by atoms with Gasteiger partial charge in [0.1, 0.15) is 16.7 Å². The third-order valence-electron chi connectivity index (χ3n) is 15.8. The molecule has 3 amide bonds. The molecule has 0 radical (unpaired) electrons. The van der Waals surface area contributed by atoms with E-state index >= 15 is 0 Å². The van der Waals surface area contributed by atoms with E-state index in [-0.39, 0.29) is 56.1 Å². The molecule has 9 rings (SSSR count). The predicted octanol–water partition coefficient (Wildman–Crippen LogP) is 15.2. The lowest BCUT2D eigenvalue weighted by Gasteiger charge is -2.23. The molecule has 0 aliphatic rings. The standard InChI is InChI=1S/C72H78Cl3N6O10P/c1-70(2,3)64-58(67(85)76-40-46-16-25-49(73)26-17-46)61(82)52-37-43(22-31-55(52)79-64)13-10-34-89-92(88,90-35-11-14-44-23-32-56-53(38-44)62(83)59(65(80-56)71(4,5)6)68(86)77-41-47-18-27-50(74)28-19-47)91-36-12-15-45-24-33-57-54(39-45)63(84)60(66(81-57)72(7,8)9)69(87)78-42-48-20-29-51(75)30-21-48/h16-33,37-39H,10-15,34-36,40-42H2,1-9H3,(H,76,85)(H,77,86)(H,78,87)(H,79,82)(H,80,83)(H,81,84). The van der Waals surface area contributed by atoms with Crippen molar-refractivity contribution in [3.63, 3.8) is 0 Å². The quantitative estimate of drug-likeness (QED) is 0.0247. The van der Waals surface area contributed by atoms with Gasteiger partial charge in [-0.05, 0) is 145 Å². The summed E-state index contributed by atoms with van der Waals surface area (Å²) in [5.74, 6) is -1.51. The smallest absolute Gasteiger partial charge is 0.357 e. The fourth-order valence-electron chi connectivity index (χ4n) is 10.9. The number of aryl methyl sites for hydroxylation is 3. The average molecular weight is 1320 g/mol. The molecular formula is C72H78Cl3N6O10P. The van der Waals surface area contributed by atoms with Crippen molar-refractivity contribution < 1.29 is 32.5 Å². The molecular weight excluding hydrogens is 1250 g/mol. The molecule has 20 heteroatoms. The van der Waals surface area contributed by atoms with Gasteiger partial charge in [0.15, 0.2) is 0 Å². The zero-order chi connectivity index (χ0) is 66.3. The molecule has 0 aliphatic heterocycles. The number of aromatic amines is 3. The first-order chi connectivity index (χ1) is 43.5. The van der Waals surface area contributed by atoms with E-state index in [1.165, 1.54) is 0 Å². The van der Waals surface area contributed by atoms with E-state index < -0.39 is 58.1 Å². The number of rotatable bonds is 24. The van der Waals surface area contributed by atoms with Crippen LogP contribution in [0.5, 0.6) is 0 Å². The van der Waals surface area contributed by atoms with Gasteiger partial charge in [0, 0.05) is 101 Å². The molecule has 0 fully saturated rings. The second-order valence-corrected chi connectivity index (χ2v) is 29.2. The number of amides is 3. The third-order valence-corrected chi connectivity index (χ3v) is 18.1. The zero-order valence-corrected chi connectivity index (χ0v) is 56.4. The number of fused-ring (bicyclic) bond motifs is 3. The van der Waals surface area contributed by atoms with Gasteiger partial charge in [-0.1, -0.05) is 152 Å². The summed E-state index contributed by atoms with van der Waals surface area (Å²) >= 11 is 18.2. The van der Waals surface area contributed by atoms with Crippen LogP contribution < -0.4 is 32.2 Å². The topological polar surface area (TPSA) is 231 Å². The van der Waals surface area contributed by atoms with Gasteiger partial charge in [0.05, 0.1) is 19.8 Å². The summed E-state index contributed by atoms with van der Waals surface area (Å²) in [6.45, 7) is 17.8. The van der Waals surface area contributed by atoms with E-state index in [1.807, 2.05) is 135 Å². The first-order valence-electron chi connectivity index (χ1n) is 30.7. The van der Waals surface area contributed by atoms with Gasteiger partial charge in [-0.2, -0.15) is 0 Å². The van der Waals surface area contributed by atoms with E-state index in [1.54, 1.807) is 54.6 Å². The Hall–Kier alpha value is -7.66. The molecule has 16 nitrogen and oxygen atoms in total. The molecule has 0 saturated heterocycles. The lowest BCUT2D eigenvalue weighted by molar-refractivity contribution is 0.0939. The molecule has 0 aliphatic carbocycles. The van der Waals surface area contributed by atoms with Crippen molar-refractivity contribution in [3.8, 4) is 0 Å². The highest BCUT2D eigenvalue weighted by molar-refractivity contribution is 7.48. The number of carbonyl (C=O) groups is 3. The molecule has 6 aromatic carbocycles. The maximum atomic E-state index is 14.7. The lowest BCUT2D eigenvalue weighted by atomic mass is 9.87. The number of nitrogens with one attached hydrogen (secondary N) is 6. The molecule has 0 saturated carbocycles. The number of pyridine rings is 3. The Morgan fingerprint density at radius 2 is 0.630 bits per heavy atom. The van der Waals surface area contributed by atoms with Crippen molar-refractivity contribution in [2.45, 2.75) is 137 Å². The first-order valence-corrected chi connectivity index (χ1v) is 33.3. The van der Waals surface area contributed by atoms with Crippen molar-refractivity contribution in [2.24, 2.45) is 0 Å². The summed E-state index contributed by atoms with van der Waals surface area (Å²) in [6, 6.07) is 37.7. The Balaban J connectivity index is 0.905. The molecule has 482 valence electrons.